The van der Waals surface area contributed by atoms with Gasteiger partial charge in [-0.15, -0.1) is 0 Å². The Labute approximate surface area is 79.7 Å². The number of likely N-dealkylation sites (tertiary alicyclic amines) is 1. The van der Waals surface area contributed by atoms with E-state index in [1.165, 1.54) is 0 Å². The summed E-state index contributed by atoms with van der Waals surface area (Å²) in [4.78, 5) is 2.22. The summed E-state index contributed by atoms with van der Waals surface area (Å²) in [6, 6.07) is 0.109. The van der Waals surface area contributed by atoms with Gasteiger partial charge in [0.25, 0.3) is 0 Å². The molecule has 0 saturated carbocycles. The Morgan fingerprint density at radius 1 is 1.69 bits per heavy atom. The molecule has 3 N–H and O–H groups in total. The number of hydrogen-bond donors (Lipinski definition) is 2. The molecule has 0 amide bonds. The second-order valence-electron chi connectivity index (χ2n) is 3.57. The van der Waals surface area contributed by atoms with E-state index < -0.39 is 0 Å². The second-order valence-corrected chi connectivity index (χ2v) is 3.57. The Morgan fingerprint density at radius 3 is 3.00 bits per heavy atom. The third-order valence-corrected chi connectivity index (χ3v) is 2.74. The van der Waals surface area contributed by atoms with E-state index in [9.17, 15) is 0 Å². The van der Waals surface area contributed by atoms with Crippen LogP contribution in [-0.2, 0) is 4.74 Å². The van der Waals surface area contributed by atoms with Crippen LogP contribution in [0.3, 0.4) is 0 Å². The smallest absolute Gasteiger partial charge is 0.0698 e. The van der Waals surface area contributed by atoms with E-state index in [0.717, 1.165) is 25.9 Å². The maximum absolute atomic E-state index is 9.07. The minimum atomic E-state index is 0.109. The van der Waals surface area contributed by atoms with Crippen molar-refractivity contribution in [2.75, 3.05) is 33.4 Å². The van der Waals surface area contributed by atoms with Crippen LogP contribution in [0.15, 0.2) is 0 Å². The van der Waals surface area contributed by atoms with E-state index in [1.807, 2.05) is 0 Å². The monoisotopic (exact) mass is 188 g/mol. The van der Waals surface area contributed by atoms with Gasteiger partial charge in [0.1, 0.15) is 0 Å². The number of nitrogens with two attached hydrogens (primary N) is 1. The molecule has 1 rings (SSSR count). The van der Waals surface area contributed by atoms with Crippen LogP contribution in [0.25, 0.3) is 0 Å². The molecular weight excluding hydrogens is 168 g/mol. The molecule has 0 spiro atoms. The normalized spacial score (nSPS) is 27.5. The molecule has 0 radical (unpaired) electrons. The van der Waals surface area contributed by atoms with E-state index in [1.54, 1.807) is 7.11 Å². The first kappa shape index (κ1) is 10.9. The molecule has 78 valence electrons. The Bertz CT molecular complexity index is 140. The first-order valence-corrected chi connectivity index (χ1v) is 4.89. The lowest BCUT2D eigenvalue weighted by Crippen LogP contribution is -2.49. The zero-order valence-corrected chi connectivity index (χ0v) is 8.28. The van der Waals surface area contributed by atoms with Crippen molar-refractivity contribution in [3.8, 4) is 0 Å². The third kappa shape index (κ3) is 2.91. The molecule has 1 aliphatic heterocycles. The summed E-state index contributed by atoms with van der Waals surface area (Å²) in [7, 11) is 1.74. The van der Waals surface area contributed by atoms with Crippen LogP contribution in [0.1, 0.15) is 12.8 Å². The Balaban J connectivity index is 2.40. The summed E-state index contributed by atoms with van der Waals surface area (Å²) in [6.45, 7) is 2.60. The van der Waals surface area contributed by atoms with Gasteiger partial charge in [-0.25, -0.2) is 0 Å². The van der Waals surface area contributed by atoms with Gasteiger partial charge in [-0.2, -0.15) is 0 Å². The molecule has 0 aromatic carbocycles. The van der Waals surface area contributed by atoms with Crippen LogP contribution in [0.4, 0.5) is 0 Å². The second kappa shape index (κ2) is 5.54. The molecule has 4 heteroatoms. The van der Waals surface area contributed by atoms with E-state index in [0.29, 0.717) is 12.6 Å². The minimum Gasteiger partial charge on any atom is -0.395 e. The highest BCUT2D eigenvalue weighted by Gasteiger charge is 2.24. The molecule has 0 bridgehead atoms. The maximum Gasteiger partial charge on any atom is 0.0698 e. The number of rotatable bonds is 4. The first-order valence-electron chi connectivity index (χ1n) is 4.89. The van der Waals surface area contributed by atoms with Gasteiger partial charge in [0.05, 0.1) is 12.7 Å². The number of hydrogen-bond acceptors (Lipinski definition) is 4. The van der Waals surface area contributed by atoms with Gasteiger partial charge >= 0.3 is 0 Å². The fourth-order valence-electron chi connectivity index (χ4n) is 1.83. The summed E-state index contributed by atoms with van der Waals surface area (Å²) in [5.74, 6) is 0. The lowest BCUT2D eigenvalue weighted by atomic mass is 10.1. The van der Waals surface area contributed by atoms with Crippen molar-refractivity contribution in [2.45, 2.75) is 25.0 Å². The number of aliphatic hydroxyl groups is 1. The van der Waals surface area contributed by atoms with Crippen molar-refractivity contribution < 1.29 is 9.84 Å². The van der Waals surface area contributed by atoms with Crippen LogP contribution in [0, 0.1) is 0 Å². The van der Waals surface area contributed by atoms with Gasteiger partial charge in [-0.05, 0) is 19.4 Å². The van der Waals surface area contributed by atoms with Crippen LogP contribution in [-0.4, -0.2) is 55.5 Å². The highest BCUT2D eigenvalue weighted by Crippen LogP contribution is 2.14. The van der Waals surface area contributed by atoms with Gasteiger partial charge in [-0.3, -0.25) is 4.90 Å². The first-order chi connectivity index (χ1) is 6.31. The highest BCUT2D eigenvalue weighted by atomic mass is 16.5. The van der Waals surface area contributed by atoms with Crippen molar-refractivity contribution in [3.05, 3.63) is 0 Å². The summed E-state index contributed by atoms with van der Waals surface area (Å²) >= 11 is 0. The number of piperidine rings is 1. The summed E-state index contributed by atoms with van der Waals surface area (Å²) in [5.41, 5.74) is 5.56. The lowest BCUT2D eigenvalue weighted by Gasteiger charge is -2.36. The molecule has 2 atom stereocenters. The summed E-state index contributed by atoms with van der Waals surface area (Å²) < 4.78 is 5.30. The average Bonchev–Trinajstić information content (AvgIpc) is 2.20. The molecule has 0 aliphatic carbocycles. The topological polar surface area (TPSA) is 58.7 Å². The van der Waals surface area contributed by atoms with Crippen LogP contribution >= 0.6 is 0 Å². The number of nitrogens with zero attached hydrogens (tertiary/aromatic N) is 1. The molecule has 1 fully saturated rings. The molecule has 2 unspecified atom stereocenters. The highest BCUT2D eigenvalue weighted by molar-refractivity contribution is 4.79. The fourth-order valence-corrected chi connectivity index (χ4v) is 1.83. The van der Waals surface area contributed by atoms with Gasteiger partial charge in [0.15, 0.2) is 0 Å². The molecule has 0 aromatic heterocycles. The molecule has 13 heavy (non-hydrogen) atoms. The predicted molar refractivity (Wildman–Crippen MR) is 51.5 cm³/mol. The van der Waals surface area contributed by atoms with E-state index >= 15 is 0 Å². The van der Waals surface area contributed by atoms with Crippen molar-refractivity contribution in [1.29, 1.82) is 0 Å². The maximum atomic E-state index is 9.07. The van der Waals surface area contributed by atoms with Gasteiger partial charge in [0.2, 0.25) is 0 Å². The SMILES string of the molecule is COC1CCCN(C(CN)CO)C1. The fraction of sp³-hybridized carbons (Fsp3) is 1.00. The molecule has 0 aromatic rings. The van der Waals surface area contributed by atoms with Crippen molar-refractivity contribution >= 4 is 0 Å². The van der Waals surface area contributed by atoms with Gasteiger partial charge in [0, 0.05) is 26.2 Å². The Kier molecular flexibility index (Phi) is 4.66. The van der Waals surface area contributed by atoms with E-state index in [2.05, 4.69) is 4.90 Å². The summed E-state index contributed by atoms with van der Waals surface area (Å²) in [5, 5.41) is 9.07. The minimum absolute atomic E-state index is 0.109. The molecular formula is C9H20N2O2. The Hall–Kier alpha value is -0.160. The lowest BCUT2D eigenvalue weighted by molar-refractivity contribution is 0.00523. The van der Waals surface area contributed by atoms with Gasteiger partial charge < -0.3 is 15.6 Å². The molecule has 4 nitrogen and oxygen atoms in total. The van der Waals surface area contributed by atoms with Gasteiger partial charge in [-0.1, -0.05) is 0 Å². The average molecular weight is 188 g/mol. The third-order valence-electron chi connectivity index (χ3n) is 2.74. The van der Waals surface area contributed by atoms with Crippen molar-refractivity contribution in [1.82, 2.24) is 4.90 Å². The van der Waals surface area contributed by atoms with E-state index in [4.69, 9.17) is 15.6 Å². The number of ether oxygens (including phenoxy) is 1. The molecule has 1 saturated heterocycles. The molecule has 1 aliphatic rings. The van der Waals surface area contributed by atoms with Crippen molar-refractivity contribution in [3.63, 3.8) is 0 Å². The number of methoxy groups -OCH3 is 1. The van der Waals surface area contributed by atoms with Crippen LogP contribution < -0.4 is 5.73 Å². The van der Waals surface area contributed by atoms with E-state index in [-0.39, 0.29) is 12.6 Å². The summed E-state index contributed by atoms with van der Waals surface area (Å²) in [6.07, 6.45) is 2.57. The largest absolute Gasteiger partial charge is 0.395 e. The standard InChI is InChI=1S/C9H20N2O2/c1-13-9-3-2-4-11(6-9)8(5-10)7-12/h8-9,12H,2-7,10H2,1H3. The number of aliphatic hydroxyl groups excluding tert-OH is 1. The zero-order chi connectivity index (χ0) is 9.68. The van der Waals surface area contributed by atoms with Crippen LogP contribution in [0.2, 0.25) is 0 Å². The van der Waals surface area contributed by atoms with Crippen molar-refractivity contribution in [2.24, 2.45) is 5.73 Å². The van der Waals surface area contributed by atoms with Crippen LogP contribution in [0.5, 0.6) is 0 Å². The predicted octanol–water partition coefficient (Wildman–Crippen LogP) is -0.583. The quantitative estimate of drug-likeness (QED) is 0.619. The molecule has 1 heterocycles. The Morgan fingerprint density at radius 2 is 2.46 bits per heavy atom. The zero-order valence-electron chi connectivity index (χ0n) is 8.28.